The molecule has 0 aromatic carbocycles. The number of nitrogens with zero attached hydrogens (tertiary/aromatic N) is 1. The van der Waals surface area contributed by atoms with Crippen molar-refractivity contribution in [2.75, 3.05) is 20.2 Å². The molecule has 2 unspecified atom stereocenters. The predicted octanol–water partition coefficient (Wildman–Crippen LogP) is -0.129. The summed E-state index contributed by atoms with van der Waals surface area (Å²) >= 11 is 0. The van der Waals surface area contributed by atoms with Crippen LogP contribution in [-0.2, 0) is 0 Å². The van der Waals surface area contributed by atoms with E-state index in [-0.39, 0.29) is 24.4 Å². The van der Waals surface area contributed by atoms with Crippen LogP contribution in [0.4, 0.5) is 0 Å². The van der Waals surface area contributed by atoms with E-state index >= 15 is 0 Å². The highest BCUT2D eigenvalue weighted by Gasteiger charge is 2.12. The van der Waals surface area contributed by atoms with Crippen molar-refractivity contribution in [2.45, 2.75) is 19.9 Å². The smallest absolute Gasteiger partial charge is 0.0947 e. The first-order valence-corrected chi connectivity index (χ1v) is 4.14. The Labute approximate surface area is 73.9 Å². The van der Waals surface area contributed by atoms with Gasteiger partial charge in [0.05, 0.1) is 12.4 Å². The van der Waals surface area contributed by atoms with E-state index < -0.39 is 0 Å². The highest BCUT2D eigenvalue weighted by Crippen LogP contribution is 2.01. The van der Waals surface area contributed by atoms with Crippen LogP contribution in [-0.4, -0.2) is 42.1 Å². The average Bonchev–Trinajstić information content (AvgIpc) is 2.02. The molecule has 4 nitrogen and oxygen atoms in total. The van der Waals surface area contributed by atoms with Crippen LogP contribution in [0.15, 0.2) is 0 Å². The molecule has 0 rings (SSSR count). The van der Waals surface area contributed by atoms with Gasteiger partial charge in [0.15, 0.2) is 0 Å². The normalized spacial score (nSPS) is 16.1. The Morgan fingerprint density at radius 3 is 2.42 bits per heavy atom. The fourth-order valence-electron chi connectivity index (χ4n) is 0.850. The van der Waals surface area contributed by atoms with Crippen LogP contribution < -0.4 is 5.73 Å². The topological polar surface area (TPSA) is 73.3 Å². The van der Waals surface area contributed by atoms with Crippen molar-refractivity contribution in [3.05, 3.63) is 0 Å². The zero-order valence-corrected chi connectivity index (χ0v) is 8.04. The lowest BCUT2D eigenvalue weighted by Crippen LogP contribution is -2.38. The molecule has 0 amide bonds. The number of nitrogens with two attached hydrogens (primary N) is 1. The first-order valence-electron chi connectivity index (χ1n) is 4.14. The molecule has 0 heterocycles. The van der Waals surface area contributed by atoms with E-state index in [4.69, 9.17) is 16.2 Å². The molecule has 0 fully saturated rings. The SMILES string of the molecule is CC(CN(C)C(C)CO)C(=N)N. The summed E-state index contributed by atoms with van der Waals surface area (Å²) in [5.41, 5.74) is 5.32. The number of amidine groups is 1. The molecule has 0 bridgehead atoms. The second-order valence-electron chi connectivity index (χ2n) is 3.33. The van der Waals surface area contributed by atoms with Crippen LogP contribution >= 0.6 is 0 Å². The maximum Gasteiger partial charge on any atom is 0.0947 e. The van der Waals surface area contributed by atoms with Gasteiger partial charge in [-0.15, -0.1) is 0 Å². The fraction of sp³-hybridized carbons (Fsp3) is 0.875. The van der Waals surface area contributed by atoms with Crippen molar-refractivity contribution in [1.82, 2.24) is 4.90 Å². The monoisotopic (exact) mass is 173 g/mol. The van der Waals surface area contributed by atoms with E-state index in [0.29, 0.717) is 0 Å². The molecule has 0 aliphatic carbocycles. The van der Waals surface area contributed by atoms with Crippen molar-refractivity contribution < 1.29 is 5.11 Å². The van der Waals surface area contributed by atoms with Crippen molar-refractivity contribution in [3.8, 4) is 0 Å². The second kappa shape index (κ2) is 5.11. The summed E-state index contributed by atoms with van der Waals surface area (Å²) in [6.45, 7) is 4.70. The van der Waals surface area contributed by atoms with Crippen molar-refractivity contribution >= 4 is 5.84 Å². The second-order valence-corrected chi connectivity index (χ2v) is 3.33. The van der Waals surface area contributed by atoms with Gasteiger partial charge >= 0.3 is 0 Å². The Balaban J connectivity index is 3.83. The third kappa shape index (κ3) is 3.69. The summed E-state index contributed by atoms with van der Waals surface area (Å²) in [6, 6.07) is 0.131. The van der Waals surface area contributed by atoms with Gasteiger partial charge in [-0.2, -0.15) is 0 Å². The molecule has 72 valence electrons. The Morgan fingerprint density at radius 2 is 2.08 bits per heavy atom. The fourth-order valence-corrected chi connectivity index (χ4v) is 0.850. The summed E-state index contributed by atoms with van der Waals surface area (Å²) in [6.07, 6.45) is 0. The average molecular weight is 173 g/mol. The van der Waals surface area contributed by atoms with Crippen molar-refractivity contribution in [3.63, 3.8) is 0 Å². The zero-order chi connectivity index (χ0) is 9.72. The summed E-state index contributed by atoms with van der Waals surface area (Å²) in [4.78, 5) is 1.99. The van der Waals surface area contributed by atoms with E-state index in [1.165, 1.54) is 0 Å². The summed E-state index contributed by atoms with van der Waals surface area (Å²) < 4.78 is 0. The molecule has 0 aliphatic rings. The van der Waals surface area contributed by atoms with Gasteiger partial charge in [-0.1, -0.05) is 6.92 Å². The summed E-state index contributed by atoms with van der Waals surface area (Å²) in [7, 11) is 1.92. The number of aliphatic hydroxyl groups excluding tert-OH is 1. The molecular formula is C8H19N3O. The lowest BCUT2D eigenvalue weighted by molar-refractivity contribution is 0.153. The van der Waals surface area contributed by atoms with E-state index in [1.54, 1.807) is 0 Å². The first kappa shape index (κ1) is 11.4. The van der Waals surface area contributed by atoms with Crippen LogP contribution in [0.3, 0.4) is 0 Å². The number of rotatable bonds is 5. The summed E-state index contributed by atoms with van der Waals surface area (Å²) in [5, 5.41) is 16.0. The molecule has 0 radical (unpaired) electrons. The van der Waals surface area contributed by atoms with Crippen LogP contribution in [0.1, 0.15) is 13.8 Å². The van der Waals surface area contributed by atoms with Gasteiger partial charge in [-0.25, -0.2) is 0 Å². The van der Waals surface area contributed by atoms with E-state index in [2.05, 4.69) is 0 Å². The molecule has 12 heavy (non-hydrogen) atoms. The van der Waals surface area contributed by atoms with Crippen molar-refractivity contribution in [1.29, 1.82) is 5.41 Å². The third-order valence-corrected chi connectivity index (χ3v) is 2.11. The van der Waals surface area contributed by atoms with Gasteiger partial charge in [0.25, 0.3) is 0 Å². The van der Waals surface area contributed by atoms with Gasteiger partial charge in [0, 0.05) is 18.5 Å². The molecule has 0 spiro atoms. The van der Waals surface area contributed by atoms with Crippen LogP contribution in [0.5, 0.6) is 0 Å². The largest absolute Gasteiger partial charge is 0.395 e. The summed E-state index contributed by atoms with van der Waals surface area (Å²) in [5.74, 6) is 0.260. The number of hydrogen-bond acceptors (Lipinski definition) is 3. The maximum absolute atomic E-state index is 8.83. The van der Waals surface area contributed by atoms with Gasteiger partial charge in [0.1, 0.15) is 0 Å². The van der Waals surface area contributed by atoms with Crippen LogP contribution in [0.25, 0.3) is 0 Å². The molecule has 4 heteroatoms. The van der Waals surface area contributed by atoms with E-state index in [0.717, 1.165) is 6.54 Å². The molecule has 0 saturated heterocycles. The molecule has 4 N–H and O–H groups in total. The third-order valence-electron chi connectivity index (χ3n) is 2.11. The highest BCUT2D eigenvalue weighted by atomic mass is 16.3. The number of hydrogen-bond donors (Lipinski definition) is 3. The van der Waals surface area contributed by atoms with Gasteiger partial charge < -0.3 is 15.7 Å². The first-order chi connectivity index (χ1) is 5.49. The van der Waals surface area contributed by atoms with Gasteiger partial charge in [-0.3, -0.25) is 5.41 Å². The lowest BCUT2D eigenvalue weighted by Gasteiger charge is -2.25. The zero-order valence-electron chi connectivity index (χ0n) is 8.04. The minimum atomic E-state index is 0.0593. The molecule has 2 atom stereocenters. The molecule has 0 aromatic rings. The Kier molecular flexibility index (Phi) is 4.85. The van der Waals surface area contributed by atoms with Gasteiger partial charge in [-0.05, 0) is 14.0 Å². The minimum Gasteiger partial charge on any atom is -0.395 e. The molecule has 0 aliphatic heterocycles. The number of likely N-dealkylation sites (N-methyl/N-ethyl adjacent to an activating group) is 1. The molecule has 0 aromatic heterocycles. The van der Waals surface area contributed by atoms with E-state index in [1.807, 2.05) is 25.8 Å². The van der Waals surface area contributed by atoms with Gasteiger partial charge in [0.2, 0.25) is 0 Å². The predicted molar refractivity (Wildman–Crippen MR) is 50.3 cm³/mol. The Morgan fingerprint density at radius 1 is 1.58 bits per heavy atom. The Bertz CT molecular complexity index is 149. The standard InChI is InChI=1S/C8H19N3O/c1-6(8(9)10)4-11(3)7(2)5-12/h6-7,12H,4-5H2,1-3H3,(H3,9,10). The number of aliphatic hydroxyl groups is 1. The maximum atomic E-state index is 8.83. The highest BCUT2D eigenvalue weighted by molar-refractivity contribution is 5.79. The Hall–Kier alpha value is -0.610. The minimum absolute atomic E-state index is 0.0593. The quantitative estimate of drug-likeness (QED) is 0.400. The van der Waals surface area contributed by atoms with Crippen LogP contribution in [0, 0.1) is 11.3 Å². The molecular weight excluding hydrogens is 154 g/mol. The molecule has 0 saturated carbocycles. The lowest BCUT2D eigenvalue weighted by atomic mass is 10.1. The number of nitrogens with one attached hydrogen (secondary N) is 1. The van der Waals surface area contributed by atoms with E-state index in [9.17, 15) is 0 Å². The van der Waals surface area contributed by atoms with Crippen molar-refractivity contribution in [2.24, 2.45) is 11.7 Å². The van der Waals surface area contributed by atoms with Crippen LogP contribution in [0.2, 0.25) is 0 Å².